The van der Waals surface area contributed by atoms with Crippen molar-refractivity contribution in [2.75, 3.05) is 6.61 Å². The number of carbonyl (C=O) groups excluding carboxylic acids is 1. The summed E-state index contributed by atoms with van der Waals surface area (Å²) >= 11 is 0. The third-order valence-electron chi connectivity index (χ3n) is 3.75. The van der Waals surface area contributed by atoms with Crippen LogP contribution in [0.3, 0.4) is 0 Å². The molecule has 1 aliphatic heterocycles. The zero-order valence-electron chi connectivity index (χ0n) is 11.8. The molecule has 1 saturated heterocycles. The van der Waals surface area contributed by atoms with Gasteiger partial charge in [-0.25, -0.2) is 0 Å². The monoisotopic (exact) mass is 274 g/mol. The van der Waals surface area contributed by atoms with Crippen molar-refractivity contribution in [3.63, 3.8) is 0 Å². The molecule has 4 heteroatoms. The molecule has 1 aliphatic rings. The summed E-state index contributed by atoms with van der Waals surface area (Å²) in [6, 6.07) is 8.24. The van der Waals surface area contributed by atoms with Gasteiger partial charge in [-0.15, -0.1) is 0 Å². The van der Waals surface area contributed by atoms with Crippen molar-refractivity contribution in [2.24, 2.45) is 16.9 Å². The number of hydrogen-bond donors (Lipinski definition) is 1. The number of cyclic esters (lactones) is 1. The molecule has 2 rings (SSSR count). The standard InChI is InChI=1S/C16H22N2O2/c17-18-12-14-9-7-13(8-10-14)4-1-2-5-15-6-3-11-20-16(15)19/h7-10,12,15H,1-6,11,17H2. The Balaban J connectivity index is 1.69. The number of carbonyl (C=O) groups is 1. The number of hydrazone groups is 1. The van der Waals surface area contributed by atoms with Gasteiger partial charge in [0.1, 0.15) is 0 Å². The van der Waals surface area contributed by atoms with Crippen LogP contribution in [0.2, 0.25) is 0 Å². The van der Waals surface area contributed by atoms with Gasteiger partial charge in [0.25, 0.3) is 0 Å². The molecule has 20 heavy (non-hydrogen) atoms. The van der Waals surface area contributed by atoms with E-state index in [2.05, 4.69) is 17.2 Å². The molecule has 2 N–H and O–H groups in total. The topological polar surface area (TPSA) is 64.7 Å². The third-order valence-corrected chi connectivity index (χ3v) is 3.75. The Morgan fingerprint density at radius 3 is 2.80 bits per heavy atom. The summed E-state index contributed by atoms with van der Waals surface area (Å²) in [5, 5.41) is 3.50. The number of aryl methyl sites for hydroxylation is 1. The van der Waals surface area contributed by atoms with Gasteiger partial charge in [-0.1, -0.05) is 30.7 Å². The van der Waals surface area contributed by atoms with Gasteiger partial charge >= 0.3 is 5.97 Å². The number of benzene rings is 1. The quantitative estimate of drug-likeness (QED) is 0.285. The van der Waals surface area contributed by atoms with Gasteiger partial charge in [-0.05, 0) is 43.2 Å². The lowest BCUT2D eigenvalue weighted by Crippen LogP contribution is -2.23. The first-order chi connectivity index (χ1) is 9.79. The molecule has 1 fully saturated rings. The Labute approximate surface area is 120 Å². The van der Waals surface area contributed by atoms with E-state index < -0.39 is 0 Å². The number of ether oxygens (including phenoxy) is 1. The largest absolute Gasteiger partial charge is 0.465 e. The summed E-state index contributed by atoms with van der Waals surface area (Å²) in [7, 11) is 0. The number of unbranched alkanes of at least 4 members (excludes halogenated alkanes) is 1. The van der Waals surface area contributed by atoms with Crippen molar-refractivity contribution in [3.05, 3.63) is 35.4 Å². The van der Waals surface area contributed by atoms with Crippen molar-refractivity contribution >= 4 is 12.2 Å². The van der Waals surface area contributed by atoms with Crippen molar-refractivity contribution in [2.45, 2.75) is 38.5 Å². The van der Waals surface area contributed by atoms with E-state index in [0.717, 1.165) is 44.1 Å². The van der Waals surface area contributed by atoms with Crippen molar-refractivity contribution in [1.29, 1.82) is 0 Å². The predicted octanol–water partition coefficient (Wildman–Crippen LogP) is 2.65. The maximum Gasteiger partial charge on any atom is 0.308 e. The minimum absolute atomic E-state index is 0.00155. The van der Waals surface area contributed by atoms with Gasteiger partial charge in [0.2, 0.25) is 0 Å². The van der Waals surface area contributed by atoms with Crippen LogP contribution in [0.25, 0.3) is 0 Å². The first-order valence-corrected chi connectivity index (χ1v) is 7.28. The Morgan fingerprint density at radius 1 is 1.30 bits per heavy atom. The fourth-order valence-electron chi connectivity index (χ4n) is 2.58. The number of nitrogens with zero attached hydrogens (tertiary/aromatic N) is 1. The van der Waals surface area contributed by atoms with Crippen LogP contribution >= 0.6 is 0 Å². The molecular formula is C16H22N2O2. The van der Waals surface area contributed by atoms with Crippen molar-refractivity contribution < 1.29 is 9.53 Å². The van der Waals surface area contributed by atoms with Crippen LogP contribution in [-0.2, 0) is 16.0 Å². The molecule has 1 aromatic rings. The van der Waals surface area contributed by atoms with E-state index in [4.69, 9.17) is 10.6 Å². The van der Waals surface area contributed by atoms with Crippen LogP contribution in [0.1, 0.15) is 43.2 Å². The minimum Gasteiger partial charge on any atom is -0.465 e. The molecule has 108 valence electrons. The molecule has 1 unspecified atom stereocenters. The van der Waals surface area contributed by atoms with E-state index in [1.54, 1.807) is 6.21 Å². The second-order valence-electron chi connectivity index (χ2n) is 5.27. The highest BCUT2D eigenvalue weighted by molar-refractivity contribution is 5.79. The molecule has 1 heterocycles. The zero-order chi connectivity index (χ0) is 14.2. The van der Waals surface area contributed by atoms with Crippen LogP contribution in [0.15, 0.2) is 29.4 Å². The molecule has 0 amide bonds. The fourth-order valence-corrected chi connectivity index (χ4v) is 2.58. The first kappa shape index (κ1) is 14.6. The summed E-state index contributed by atoms with van der Waals surface area (Å²) in [5.41, 5.74) is 2.33. The number of hydrogen-bond acceptors (Lipinski definition) is 4. The molecule has 1 aromatic carbocycles. The number of esters is 1. The summed E-state index contributed by atoms with van der Waals surface area (Å²) in [4.78, 5) is 11.5. The van der Waals surface area contributed by atoms with Crippen LogP contribution < -0.4 is 5.84 Å². The second-order valence-corrected chi connectivity index (χ2v) is 5.27. The summed E-state index contributed by atoms with van der Waals surface area (Å²) in [6.07, 6.45) is 7.82. The van der Waals surface area contributed by atoms with Gasteiger partial charge in [-0.3, -0.25) is 4.79 Å². The van der Waals surface area contributed by atoms with Gasteiger partial charge in [-0.2, -0.15) is 5.10 Å². The van der Waals surface area contributed by atoms with Crippen LogP contribution in [0.4, 0.5) is 0 Å². The van der Waals surface area contributed by atoms with E-state index in [1.807, 2.05) is 12.1 Å². The minimum atomic E-state index is 0.00155. The normalized spacial score (nSPS) is 19.2. The highest BCUT2D eigenvalue weighted by Gasteiger charge is 2.22. The maximum atomic E-state index is 11.5. The lowest BCUT2D eigenvalue weighted by Gasteiger charge is -2.20. The van der Waals surface area contributed by atoms with E-state index >= 15 is 0 Å². The highest BCUT2D eigenvalue weighted by atomic mass is 16.5. The average Bonchev–Trinajstić information content (AvgIpc) is 2.47. The summed E-state index contributed by atoms with van der Waals surface area (Å²) in [5.74, 6) is 5.24. The van der Waals surface area contributed by atoms with Crippen LogP contribution in [0.5, 0.6) is 0 Å². The zero-order valence-corrected chi connectivity index (χ0v) is 11.8. The molecule has 1 atom stereocenters. The summed E-state index contributed by atoms with van der Waals surface area (Å²) in [6.45, 7) is 0.605. The predicted molar refractivity (Wildman–Crippen MR) is 79.5 cm³/mol. The Hall–Kier alpha value is -1.84. The maximum absolute atomic E-state index is 11.5. The van der Waals surface area contributed by atoms with E-state index in [0.29, 0.717) is 6.61 Å². The molecule has 0 saturated carbocycles. The van der Waals surface area contributed by atoms with E-state index in [9.17, 15) is 4.79 Å². The average molecular weight is 274 g/mol. The fraction of sp³-hybridized carbons (Fsp3) is 0.500. The second kappa shape index (κ2) is 7.68. The van der Waals surface area contributed by atoms with Gasteiger partial charge in [0, 0.05) is 0 Å². The highest BCUT2D eigenvalue weighted by Crippen LogP contribution is 2.21. The van der Waals surface area contributed by atoms with Crippen molar-refractivity contribution in [3.8, 4) is 0 Å². The number of nitrogens with two attached hydrogens (primary N) is 1. The molecule has 0 radical (unpaired) electrons. The van der Waals surface area contributed by atoms with Crippen molar-refractivity contribution in [1.82, 2.24) is 0 Å². The van der Waals surface area contributed by atoms with Gasteiger partial charge < -0.3 is 10.6 Å². The van der Waals surface area contributed by atoms with E-state index in [1.165, 1.54) is 5.56 Å². The molecular weight excluding hydrogens is 252 g/mol. The summed E-state index contributed by atoms with van der Waals surface area (Å²) < 4.78 is 5.08. The molecule has 0 aromatic heterocycles. The molecule has 4 nitrogen and oxygen atoms in total. The SMILES string of the molecule is NN=Cc1ccc(CCCCC2CCCOC2=O)cc1. The third kappa shape index (κ3) is 4.37. The lowest BCUT2D eigenvalue weighted by atomic mass is 9.94. The number of rotatable bonds is 6. The van der Waals surface area contributed by atoms with E-state index in [-0.39, 0.29) is 11.9 Å². The van der Waals surface area contributed by atoms with Gasteiger partial charge in [0.15, 0.2) is 0 Å². The lowest BCUT2D eigenvalue weighted by molar-refractivity contribution is -0.153. The first-order valence-electron chi connectivity index (χ1n) is 7.28. The molecule has 0 aliphatic carbocycles. The Morgan fingerprint density at radius 2 is 2.10 bits per heavy atom. The van der Waals surface area contributed by atoms with Crippen LogP contribution in [0, 0.1) is 5.92 Å². The Bertz CT molecular complexity index is 454. The molecule has 0 spiro atoms. The van der Waals surface area contributed by atoms with Gasteiger partial charge in [0.05, 0.1) is 18.7 Å². The Kier molecular flexibility index (Phi) is 5.59. The smallest absolute Gasteiger partial charge is 0.308 e. The van der Waals surface area contributed by atoms with Crippen LogP contribution in [-0.4, -0.2) is 18.8 Å². The molecule has 0 bridgehead atoms.